The number of H-pyrrole nitrogens is 1. The van der Waals surface area contributed by atoms with E-state index < -0.39 is 10.0 Å². The van der Waals surface area contributed by atoms with Crippen molar-refractivity contribution in [2.45, 2.75) is 37.5 Å². The number of benzene rings is 1. The lowest BCUT2D eigenvalue weighted by atomic mass is 10.00. The lowest BCUT2D eigenvalue weighted by molar-refractivity contribution is 0.265. The van der Waals surface area contributed by atoms with E-state index in [1.165, 1.54) is 4.31 Å². The maximum Gasteiger partial charge on any atom is 0.246 e. The summed E-state index contributed by atoms with van der Waals surface area (Å²) in [4.78, 5) is 4.73. The average molecular weight is 422 g/mol. The van der Waals surface area contributed by atoms with E-state index in [4.69, 9.17) is 16.1 Å². The van der Waals surface area contributed by atoms with E-state index >= 15 is 0 Å². The molecule has 2 aromatic heterocycles. The molecular weight excluding hydrogens is 402 g/mol. The fourth-order valence-electron chi connectivity index (χ4n) is 3.56. The quantitative estimate of drug-likeness (QED) is 0.692. The molecule has 1 N–H and O–H groups in total. The van der Waals surface area contributed by atoms with Crippen LogP contribution in [0.25, 0.3) is 11.4 Å². The van der Waals surface area contributed by atoms with Gasteiger partial charge in [0.25, 0.3) is 0 Å². The number of aromatic nitrogens is 4. The number of piperidine rings is 1. The summed E-state index contributed by atoms with van der Waals surface area (Å²) in [6.07, 6.45) is 1.50. The third-order valence-corrected chi connectivity index (χ3v) is 7.28. The minimum atomic E-state index is -3.64. The van der Waals surface area contributed by atoms with Gasteiger partial charge in [-0.15, -0.1) is 0 Å². The van der Waals surface area contributed by atoms with Gasteiger partial charge in [0.05, 0.1) is 17.3 Å². The van der Waals surface area contributed by atoms with Crippen molar-refractivity contribution < 1.29 is 12.9 Å². The Balaban J connectivity index is 1.58. The van der Waals surface area contributed by atoms with E-state index in [1.54, 1.807) is 26.0 Å². The van der Waals surface area contributed by atoms with Crippen LogP contribution in [-0.4, -0.2) is 46.2 Å². The molecule has 1 aliphatic rings. The number of halogens is 1. The van der Waals surface area contributed by atoms with Crippen molar-refractivity contribution >= 4 is 21.6 Å². The second kappa shape index (κ2) is 7.31. The summed E-state index contributed by atoms with van der Waals surface area (Å²) in [5.74, 6) is 0.728. The number of hydrogen-bond acceptors (Lipinski definition) is 6. The highest BCUT2D eigenvalue weighted by molar-refractivity contribution is 7.89. The lowest BCUT2D eigenvalue weighted by Gasteiger charge is -2.30. The predicted octanol–water partition coefficient (Wildman–Crippen LogP) is 3.30. The van der Waals surface area contributed by atoms with E-state index in [0.717, 1.165) is 12.0 Å². The number of aromatic amines is 1. The number of hydrogen-bond donors (Lipinski definition) is 1. The fraction of sp³-hybridized carbons (Fsp3) is 0.389. The number of nitrogens with one attached hydrogen (secondary N) is 1. The Morgan fingerprint density at radius 1 is 1.32 bits per heavy atom. The van der Waals surface area contributed by atoms with E-state index in [0.29, 0.717) is 47.6 Å². The van der Waals surface area contributed by atoms with Crippen LogP contribution in [0.1, 0.15) is 36.0 Å². The second-order valence-corrected chi connectivity index (χ2v) is 9.24. The third kappa shape index (κ3) is 3.45. The zero-order chi connectivity index (χ0) is 19.9. The van der Waals surface area contributed by atoms with Gasteiger partial charge in [0, 0.05) is 23.7 Å². The summed E-state index contributed by atoms with van der Waals surface area (Å²) in [6, 6.07) is 7.20. The molecule has 28 heavy (non-hydrogen) atoms. The van der Waals surface area contributed by atoms with E-state index in [9.17, 15) is 8.42 Å². The van der Waals surface area contributed by atoms with Crippen LogP contribution >= 0.6 is 11.6 Å². The van der Waals surface area contributed by atoms with Crippen molar-refractivity contribution in [1.29, 1.82) is 0 Å². The minimum absolute atomic E-state index is 0.156. The van der Waals surface area contributed by atoms with Gasteiger partial charge >= 0.3 is 0 Å². The molecule has 148 valence electrons. The van der Waals surface area contributed by atoms with Gasteiger partial charge in [0.2, 0.25) is 21.7 Å². The molecule has 4 rings (SSSR count). The van der Waals surface area contributed by atoms with Crippen molar-refractivity contribution in [1.82, 2.24) is 24.6 Å². The van der Waals surface area contributed by atoms with Gasteiger partial charge in [0.15, 0.2) is 0 Å². The molecule has 0 radical (unpaired) electrons. The Bertz CT molecular complexity index is 1090. The number of nitrogens with zero attached hydrogens (tertiary/aromatic N) is 4. The number of rotatable bonds is 4. The third-order valence-electron chi connectivity index (χ3n) is 4.92. The maximum atomic E-state index is 13.1. The van der Waals surface area contributed by atoms with E-state index in [2.05, 4.69) is 20.3 Å². The molecule has 10 heteroatoms. The highest BCUT2D eigenvalue weighted by atomic mass is 35.5. The van der Waals surface area contributed by atoms with Gasteiger partial charge in [-0.1, -0.05) is 28.9 Å². The fourth-order valence-corrected chi connectivity index (χ4v) is 5.60. The van der Waals surface area contributed by atoms with Gasteiger partial charge in [-0.05, 0) is 38.8 Å². The molecular formula is C18H20ClN5O3S. The Labute approximate surface area is 168 Å². The summed E-state index contributed by atoms with van der Waals surface area (Å²) in [5.41, 5.74) is 1.77. The van der Waals surface area contributed by atoms with Crippen LogP contribution in [0.4, 0.5) is 0 Å². The van der Waals surface area contributed by atoms with E-state index in [-0.39, 0.29) is 10.8 Å². The van der Waals surface area contributed by atoms with Gasteiger partial charge in [-0.3, -0.25) is 5.10 Å². The molecule has 0 saturated carbocycles. The normalized spacial score (nSPS) is 18.5. The molecule has 1 fully saturated rings. The minimum Gasteiger partial charge on any atom is -0.339 e. The van der Waals surface area contributed by atoms with Gasteiger partial charge in [0.1, 0.15) is 4.90 Å². The van der Waals surface area contributed by atoms with Crippen LogP contribution in [0.2, 0.25) is 5.02 Å². The summed E-state index contributed by atoms with van der Waals surface area (Å²) < 4.78 is 33.2. The number of sulfonamides is 1. The van der Waals surface area contributed by atoms with Crippen LogP contribution in [0.15, 0.2) is 33.7 Å². The van der Waals surface area contributed by atoms with Crippen LogP contribution in [-0.2, 0) is 10.0 Å². The van der Waals surface area contributed by atoms with Crippen molar-refractivity contribution in [2.24, 2.45) is 0 Å². The molecule has 3 heterocycles. The first kappa shape index (κ1) is 19.1. The first-order valence-electron chi connectivity index (χ1n) is 8.97. The van der Waals surface area contributed by atoms with Crippen LogP contribution in [0.3, 0.4) is 0 Å². The first-order chi connectivity index (χ1) is 13.4. The summed E-state index contributed by atoms with van der Waals surface area (Å²) in [5, 5.41) is 11.4. The van der Waals surface area contributed by atoms with Crippen molar-refractivity contribution in [3.05, 3.63) is 46.6 Å². The predicted molar refractivity (Wildman–Crippen MR) is 104 cm³/mol. The Hall–Kier alpha value is -2.23. The smallest absolute Gasteiger partial charge is 0.246 e. The Kier molecular flexibility index (Phi) is 4.98. The van der Waals surface area contributed by atoms with Crippen LogP contribution < -0.4 is 0 Å². The zero-order valence-corrected chi connectivity index (χ0v) is 17.1. The van der Waals surface area contributed by atoms with Crippen molar-refractivity contribution in [2.75, 3.05) is 13.1 Å². The summed E-state index contributed by atoms with van der Waals surface area (Å²) >= 11 is 6.03. The lowest BCUT2D eigenvalue weighted by Crippen LogP contribution is -2.39. The van der Waals surface area contributed by atoms with Crippen molar-refractivity contribution in [3.8, 4) is 11.4 Å². The van der Waals surface area contributed by atoms with E-state index in [1.807, 2.05) is 12.1 Å². The Morgan fingerprint density at radius 2 is 2.14 bits per heavy atom. The molecule has 3 aromatic rings. The second-order valence-electron chi connectivity index (χ2n) is 6.93. The molecule has 1 aromatic carbocycles. The molecule has 1 aliphatic heterocycles. The van der Waals surface area contributed by atoms with Gasteiger partial charge in [-0.25, -0.2) is 8.42 Å². The average Bonchev–Trinajstić information content (AvgIpc) is 3.29. The molecule has 0 spiro atoms. The molecule has 1 saturated heterocycles. The largest absolute Gasteiger partial charge is 0.339 e. The maximum absolute atomic E-state index is 13.1. The Morgan fingerprint density at radius 3 is 2.86 bits per heavy atom. The van der Waals surface area contributed by atoms with Gasteiger partial charge in [-0.2, -0.15) is 14.4 Å². The SMILES string of the molecule is Cc1n[nH]c(C)c1S(=O)(=O)N1CCCC(c2nc(-c3cccc(Cl)c3)no2)C1. The van der Waals surface area contributed by atoms with Crippen LogP contribution in [0.5, 0.6) is 0 Å². The topological polar surface area (TPSA) is 105 Å². The molecule has 0 amide bonds. The molecule has 1 atom stereocenters. The van der Waals surface area contributed by atoms with Crippen LogP contribution in [0, 0.1) is 13.8 Å². The molecule has 0 aliphatic carbocycles. The van der Waals surface area contributed by atoms with Gasteiger partial charge < -0.3 is 4.52 Å². The summed E-state index contributed by atoms with van der Waals surface area (Å²) in [6.45, 7) is 4.15. The molecule has 8 nitrogen and oxygen atoms in total. The van der Waals surface area contributed by atoms with Crippen molar-refractivity contribution in [3.63, 3.8) is 0 Å². The first-order valence-corrected chi connectivity index (χ1v) is 10.8. The number of aryl methyl sites for hydroxylation is 2. The summed E-state index contributed by atoms with van der Waals surface area (Å²) in [7, 11) is -3.64. The zero-order valence-electron chi connectivity index (χ0n) is 15.5. The standard InChI is InChI=1S/C18H20ClN5O3S/c1-11-16(12(2)22-21-11)28(25,26)24-8-4-6-14(10-24)18-20-17(23-27-18)13-5-3-7-15(19)9-13/h3,5,7,9,14H,4,6,8,10H2,1-2H3,(H,21,22). The molecule has 0 bridgehead atoms. The molecule has 1 unspecified atom stereocenters. The monoisotopic (exact) mass is 421 g/mol. The highest BCUT2D eigenvalue weighted by Crippen LogP contribution is 2.32. The highest BCUT2D eigenvalue weighted by Gasteiger charge is 2.35.